The highest BCUT2D eigenvalue weighted by atomic mass is 16.2. The van der Waals surface area contributed by atoms with Gasteiger partial charge in [0.1, 0.15) is 0 Å². The van der Waals surface area contributed by atoms with E-state index in [0.717, 1.165) is 16.8 Å². The SMILES string of the molecule is Cc1cccc(C(NC(=O)Nc2cccnn2)c2ccccn2)c1. The molecule has 0 radical (unpaired) electrons. The van der Waals surface area contributed by atoms with Gasteiger partial charge in [0, 0.05) is 12.4 Å². The molecule has 120 valence electrons. The van der Waals surface area contributed by atoms with Crippen molar-refractivity contribution in [1.29, 1.82) is 0 Å². The predicted octanol–water partition coefficient (Wildman–Crippen LogP) is 3.09. The smallest absolute Gasteiger partial charge is 0.321 e. The standard InChI is InChI=1S/C18H17N5O/c1-13-6-4-7-14(12-13)17(15-8-2-3-10-19-15)22-18(24)21-16-9-5-11-20-23-16/h2-12,17H,1H3,(H2,21,22,23,24). The number of hydrogen-bond acceptors (Lipinski definition) is 4. The number of rotatable bonds is 4. The summed E-state index contributed by atoms with van der Waals surface area (Å²) in [6.45, 7) is 2.01. The van der Waals surface area contributed by atoms with E-state index in [9.17, 15) is 4.79 Å². The maximum absolute atomic E-state index is 12.3. The quantitative estimate of drug-likeness (QED) is 0.774. The summed E-state index contributed by atoms with van der Waals surface area (Å²) in [6.07, 6.45) is 3.26. The summed E-state index contributed by atoms with van der Waals surface area (Å²) < 4.78 is 0. The second-order valence-electron chi connectivity index (χ2n) is 5.31. The Morgan fingerprint density at radius 1 is 1.04 bits per heavy atom. The van der Waals surface area contributed by atoms with E-state index < -0.39 is 0 Å². The van der Waals surface area contributed by atoms with Crippen molar-refractivity contribution in [2.24, 2.45) is 0 Å². The molecule has 6 heteroatoms. The van der Waals surface area contributed by atoms with Crippen molar-refractivity contribution in [2.75, 3.05) is 5.32 Å². The largest absolute Gasteiger partial charge is 0.325 e. The molecule has 0 saturated carbocycles. The molecule has 0 saturated heterocycles. The van der Waals surface area contributed by atoms with Crippen LogP contribution < -0.4 is 10.6 Å². The number of carbonyl (C=O) groups is 1. The molecule has 0 aliphatic rings. The van der Waals surface area contributed by atoms with Gasteiger partial charge < -0.3 is 5.32 Å². The first kappa shape index (κ1) is 15.6. The van der Waals surface area contributed by atoms with Gasteiger partial charge in [-0.3, -0.25) is 10.3 Å². The highest BCUT2D eigenvalue weighted by Crippen LogP contribution is 2.21. The number of aromatic nitrogens is 3. The minimum atomic E-state index is -0.368. The van der Waals surface area contributed by atoms with E-state index in [2.05, 4.69) is 25.8 Å². The highest BCUT2D eigenvalue weighted by molar-refractivity contribution is 5.88. The van der Waals surface area contributed by atoms with Crippen LogP contribution in [0.4, 0.5) is 10.6 Å². The summed E-state index contributed by atoms with van der Waals surface area (Å²) in [4.78, 5) is 16.7. The molecule has 0 aliphatic carbocycles. The fraction of sp³-hybridized carbons (Fsp3) is 0.111. The maximum Gasteiger partial charge on any atom is 0.321 e. The zero-order valence-electron chi connectivity index (χ0n) is 13.2. The molecule has 2 heterocycles. The van der Waals surface area contributed by atoms with Crippen LogP contribution in [0.5, 0.6) is 0 Å². The summed E-state index contributed by atoms with van der Waals surface area (Å²) in [7, 11) is 0. The average Bonchev–Trinajstić information content (AvgIpc) is 2.61. The third kappa shape index (κ3) is 3.92. The van der Waals surface area contributed by atoms with Crippen LogP contribution in [0.25, 0.3) is 0 Å². The van der Waals surface area contributed by atoms with Crippen molar-refractivity contribution in [3.8, 4) is 0 Å². The number of carbonyl (C=O) groups excluding carboxylic acids is 1. The van der Waals surface area contributed by atoms with Gasteiger partial charge in [0.15, 0.2) is 5.82 Å². The Bertz CT molecular complexity index is 808. The predicted molar refractivity (Wildman–Crippen MR) is 91.4 cm³/mol. The lowest BCUT2D eigenvalue weighted by atomic mass is 10.0. The number of aryl methyl sites for hydroxylation is 1. The second-order valence-corrected chi connectivity index (χ2v) is 5.31. The minimum absolute atomic E-state index is 0.359. The molecule has 0 aliphatic heterocycles. The van der Waals surface area contributed by atoms with Crippen molar-refractivity contribution in [1.82, 2.24) is 20.5 Å². The molecule has 0 fully saturated rings. The van der Waals surface area contributed by atoms with E-state index in [4.69, 9.17) is 0 Å². The Morgan fingerprint density at radius 2 is 1.96 bits per heavy atom. The molecule has 0 spiro atoms. The van der Waals surface area contributed by atoms with Gasteiger partial charge in [-0.2, -0.15) is 5.10 Å². The van der Waals surface area contributed by atoms with Crippen LogP contribution in [0.2, 0.25) is 0 Å². The normalized spacial score (nSPS) is 11.5. The summed E-state index contributed by atoms with van der Waals surface area (Å²) in [6, 6.07) is 16.3. The first-order valence-corrected chi connectivity index (χ1v) is 7.55. The number of amides is 2. The zero-order valence-corrected chi connectivity index (χ0v) is 13.2. The van der Waals surface area contributed by atoms with E-state index in [1.807, 2.05) is 49.4 Å². The van der Waals surface area contributed by atoms with Crippen molar-refractivity contribution < 1.29 is 4.79 Å². The Morgan fingerprint density at radius 3 is 2.67 bits per heavy atom. The number of nitrogens with zero attached hydrogens (tertiary/aromatic N) is 3. The van der Waals surface area contributed by atoms with Crippen molar-refractivity contribution in [2.45, 2.75) is 13.0 Å². The van der Waals surface area contributed by atoms with Gasteiger partial charge in [-0.15, -0.1) is 5.10 Å². The first-order chi connectivity index (χ1) is 11.7. The molecular weight excluding hydrogens is 302 g/mol. The highest BCUT2D eigenvalue weighted by Gasteiger charge is 2.18. The molecule has 1 unspecified atom stereocenters. The molecular formula is C18H17N5O. The van der Waals surface area contributed by atoms with Crippen LogP contribution in [0, 0.1) is 6.92 Å². The summed E-state index contributed by atoms with van der Waals surface area (Å²) >= 11 is 0. The van der Waals surface area contributed by atoms with Gasteiger partial charge in [-0.25, -0.2) is 4.79 Å². The van der Waals surface area contributed by atoms with Crippen LogP contribution in [0.15, 0.2) is 67.0 Å². The molecule has 0 bridgehead atoms. The van der Waals surface area contributed by atoms with Crippen LogP contribution in [0.3, 0.4) is 0 Å². The third-order valence-electron chi connectivity index (χ3n) is 3.45. The van der Waals surface area contributed by atoms with E-state index >= 15 is 0 Å². The van der Waals surface area contributed by atoms with Gasteiger partial charge in [-0.05, 0) is 36.8 Å². The molecule has 2 N–H and O–H groups in total. The number of pyridine rings is 1. The fourth-order valence-electron chi connectivity index (χ4n) is 2.38. The average molecular weight is 319 g/mol. The van der Waals surface area contributed by atoms with Crippen molar-refractivity contribution >= 4 is 11.8 Å². The minimum Gasteiger partial charge on any atom is -0.325 e. The summed E-state index contributed by atoms with van der Waals surface area (Å²) in [5.74, 6) is 0.388. The third-order valence-corrected chi connectivity index (χ3v) is 3.45. The van der Waals surface area contributed by atoms with E-state index in [1.165, 1.54) is 0 Å². The topological polar surface area (TPSA) is 79.8 Å². The number of benzene rings is 1. The van der Waals surface area contributed by atoms with Crippen LogP contribution >= 0.6 is 0 Å². The Labute approximate surface area is 140 Å². The summed E-state index contributed by atoms with van der Waals surface area (Å²) in [5.41, 5.74) is 2.84. The van der Waals surface area contributed by atoms with E-state index in [0.29, 0.717) is 5.82 Å². The van der Waals surface area contributed by atoms with Gasteiger partial charge >= 0.3 is 6.03 Å². The number of hydrogen-bond donors (Lipinski definition) is 2. The fourth-order valence-corrected chi connectivity index (χ4v) is 2.38. The number of anilines is 1. The zero-order chi connectivity index (χ0) is 16.8. The molecule has 3 rings (SSSR count). The lowest BCUT2D eigenvalue weighted by Gasteiger charge is -2.19. The Hall–Kier alpha value is -3.28. The maximum atomic E-state index is 12.3. The molecule has 6 nitrogen and oxygen atoms in total. The molecule has 3 aromatic rings. The Balaban J connectivity index is 1.84. The first-order valence-electron chi connectivity index (χ1n) is 7.55. The lowest BCUT2D eigenvalue weighted by molar-refractivity contribution is 0.250. The molecule has 2 amide bonds. The van der Waals surface area contributed by atoms with Crippen LogP contribution in [-0.4, -0.2) is 21.2 Å². The molecule has 1 atom stereocenters. The van der Waals surface area contributed by atoms with Gasteiger partial charge in [0.2, 0.25) is 0 Å². The summed E-state index contributed by atoms with van der Waals surface area (Å²) in [5, 5.41) is 13.2. The van der Waals surface area contributed by atoms with E-state index in [-0.39, 0.29) is 12.1 Å². The molecule has 2 aromatic heterocycles. The number of urea groups is 1. The monoisotopic (exact) mass is 319 g/mol. The molecule has 1 aromatic carbocycles. The van der Waals surface area contributed by atoms with Crippen LogP contribution in [-0.2, 0) is 0 Å². The Kier molecular flexibility index (Phi) is 4.76. The van der Waals surface area contributed by atoms with Gasteiger partial charge in [0.05, 0.1) is 11.7 Å². The number of nitrogens with one attached hydrogen (secondary N) is 2. The van der Waals surface area contributed by atoms with Crippen molar-refractivity contribution in [3.63, 3.8) is 0 Å². The van der Waals surface area contributed by atoms with E-state index in [1.54, 1.807) is 24.5 Å². The van der Waals surface area contributed by atoms with Gasteiger partial charge in [0.25, 0.3) is 0 Å². The van der Waals surface area contributed by atoms with Crippen molar-refractivity contribution in [3.05, 3.63) is 83.8 Å². The van der Waals surface area contributed by atoms with Crippen LogP contribution in [0.1, 0.15) is 22.9 Å². The lowest BCUT2D eigenvalue weighted by Crippen LogP contribution is -2.34. The van der Waals surface area contributed by atoms with Gasteiger partial charge in [-0.1, -0.05) is 35.9 Å². The second kappa shape index (κ2) is 7.32. The molecule has 24 heavy (non-hydrogen) atoms.